The van der Waals surface area contributed by atoms with Gasteiger partial charge in [0.05, 0.1) is 13.2 Å². The maximum absolute atomic E-state index is 13.3. The zero-order valence-corrected chi connectivity index (χ0v) is 15.5. The fraction of sp³-hybridized carbons (Fsp3) is 0.409. The van der Waals surface area contributed by atoms with Gasteiger partial charge in [-0.25, -0.2) is 0 Å². The molecule has 1 N–H and O–H groups in total. The highest BCUT2D eigenvalue weighted by Crippen LogP contribution is 2.52. The summed E-state index contributed by atoms with van der Waals surface area (Å²) in [7, 11) is 1.69. The van der Waals surface area contributed by atoms with Crippen LogP contribution in [0, 0.1) is 5.92 Å². The summed E-state index contributed by atoms with van der Waals surface area (Å²) in [6.45, 7) is 1.87. The quantitative estimate of drug-likeness (QED) is 0.885. The molecule has 0 bridgehead atoms. The van der Waals surface area contributed by atoms with Gasteiger partial charge < -0.3 is 19.6 Å². The number of anilines is 1. The molecule has 1 amide bonds. The van der Waals surface area contributed by atoms with Crippen LogP contribution in [0.3, 0.4) is 0 Å². The lowest BCUT2D eigenvalue weighted by Crippen LogP contribution is -2.45. The van der Waals surface area contributed by atoms with Crippen molar-refractivity contribution < 1.29 is 14.6 Å². The molecule has 3 heterocycles. The highest BCUT2D eigenvalue weighted by Gasteiger charge is 2.49. The summed E-state index contributed by atoms with van der Waals surface area (Å²) in [6.07, 6.45) is 3.45. The predicted molar refractivity (Wildman–Crippen MR) is 103 cm³/mol. The lowest BCUT2D eigenvalue weighted by Gasteiger charge is -2.43. The van der Waals surface area contributed by atoms with Crippen LogP contribution in [-0.2, 0) is 0 Å². The van der Waals surface area contributed by atoms with E-state index in [-0.39, 0.29) is 17.7 Å². The molecule has 2 aromatic rings. The topological polar surface area (TPSA) is 53.0 Å². The summed E-state index contributed by atoms with van der Waals surface area (Å²) in [4.78, 5) is 17.8. The van der Waals surface area contributed by atoms with Gasteiger partial charge in [0.2, 0.25) is 0 Å². The molecule has 5 nitrogen and oxygen atoms in total. The Morgan fingerprint density at radius 3 is 2.70 bits per heavy atom. The van der Waals surface area contributed by atoms with E-state index in [1.54, 1.807) is 31.4 Å². The Morgan fingerprint density at radius 1 is 1.11 bits per heavy atom. The summed E-state index contributed by atoms with van der Waals surface area (Å²) >= 11 is 0. The zero-order chi connectivity index (χ0) is 18.5. The number of benzene rings is 2. The van der Waals surface area contributed by atoms with Gasteiger partial charge in [-0.15, -0.1) is 0 Å². The standard InChI is InChI=1S/C22H24N2O3/c1-27-16-8-9-20-18(13-16)21-17(19-3-2-11-23(19)20)10-12-24(21)22(26)14-4-6-15(25)7-5-14/h4-9,13,17,19,21,25H,2-3,10-12H2,1H3/t17-,19-,21-/m1/s1. The minimum Gasteiger partial charge on any atom is -0.508 e. The van der Waals surface area contributed by atoms with E-state index in [9.17, 15) is 9.90 Å². The number of carbonyl (C=O) groups is 1. The van der Waals surface area contributed by atoms with Crippen LogP contribution >= 0.6 is 0 Å². The van der Waals surface area contributed by atoms with E-state index in [1.165, 1.54) is 24.1 Å². The summed E-state index contributed by atoms with van der Waals surface area (Å²) in [5.74, 6) is 1.53. The number of ether oxygens (including phenoxy) is 1. The molecule has 0 aliphatic carbocycles. The second-order valence-corrected chi connectivity index (χ2v) is 7.77. The Hall–Kier alpha value is -2.69. The van der Waals surface area contributed by atoms with E-state index in [2.05, 4.69) is 17.0 Å². The van der Waals surface area contributed by atoms with Crippen molar-refractivity contribution in [3.63, 3.8) is 0 Å². The third kappa shape index (κ3) is 2.48. The van der Waals surface area contributed by atoms with Gasteiger partial charge in [0.25, 0.3) is 5.91 Å². The van der Waals surface area contributed by atoms with Crippen LogP contribution in [0.25, 0.3) is 0 Å². The Morgan fingerprint density at radius 2 is 1.93 bits per heavy atom. The van der Waals surface area contributed by atoms with Gasteiger partial charge in [-0.2, -0.15) is 0 Å². The molecule has 2 saturated heterocycles. The molecule has 2 fully saturated rings. The average Bonchev–Trinajstić information content (AvgIpc) is 3.35. The second-order valence-electron chi connectivity index (χ2n) is 7.77. The minimum atomic E-state index is 0.0442. The number of rotatable bonds is 2. The average molecular weight is 364 g/mol. The van der Waals surface area contributed by atoms with Gasteiger partial charge in [-0.3, -0.25) is 4.79 Å². The molecule has 140 valence electrons. The fourth-order valence-corrected chi connectivity index (χ4v) is 5.31. The van der Waals surface area contributed by atoms with Crippen LogP contribution in [0.5, 0.6) is 11.5 Å². The van der Waals surface area contributed by atoms with E-state index < -0.39 is 0 Å². The first-order valence-electron chi connectivity index (χ1n) is 9.72. The lowest BCUT2D eigenvalue weighted by molar-refractivity contribution is 0.0707. The van der Waals surface area contributed by atoms with Crippen molar-refractivity contribution in [2.45, 2.75) is 31.3 Å². The number of amides is 1. The highest BCUT2D eigenvalue weighted by atomic mass is 16.5. The number of phenols is 1. The summed E-state index contributed by atoms with van der Waals surface area (Å²) < 4.78 is 5.48. The van der Waals surface area contributed by atoms with Gasteiger partial charge in [-0.1, -0.05) is 0 Å². The van der Waals surface area contributed by atoms with Crippen LogP contribution in [0.2, 0.25) is 0 Å². The van der Waals surface area contributed by atoms with E-state index in [0.717, 1.165) is 25.3 Å². The van der Waals surface area contributed by atoms with Crippen LogP contribution in [-0.4, -0.2) is 42.2 Å². The van der Waals surface area contributed by atoms with Gasteiger partial charge in [0.1, 0.15) is 11.5 Å². The fourth-order valence-electron chi connectivity index (χ4n) is 5.31. The molecule has 0 spiro atoms. The van der Waals surface area contributed by atoms with Crippen LogP contribution in [0.4, 0.5) is 5.69 Å². The van der Waals surface area contributed by atoms with Gasteiger partial charge >= 0.3 is 0 Å². The van der Waals surface area contributed by atoms with Crippen LogP contribution < -0.4 is 9.64 Å². The monoisotopic (exact) mass is 364 g/mol. The van der Waals surface area contributed by atoms with Gasteiger partial charge in [-0.05, 0) is 61.7 Å². The van der Waals surface area contributed by atoms with E-state index in [1.807, 2.05) is 11.0 Å². The molecule has 5 rings (SSSR count). The van der Waals surface area contributed by atoms with Crippen LogP contribution in [0.1, 0.15) is 41.2 Å². The number of aromatic hydroxyl groups is 1. The largest absolute Gasteiger partial charge is 0.508 e. The molecule has 27 heavy (non-hydrogen) atoms. The highest BCUT2D eigenvalue weighted by molar-refractivity contribution is 5.95. The molecule has 2 aromatic carbocycles. The van der Waals surface area contributed by atoms with Gasteiger partial charge in [0.15, 0.2) is 0 Å². The van der Waals surface area contributed by atoms with Crippen molar-refractivity contribution >= 4 is 11.6 Å². The van der Waals surface area contributed by atoms with Crippen molar-refractivity contribution in [3.05, 3.63) is 53.6 Å². The molecular weight excluding hydrogens is 340 g/mol. The Kier molecular flexibility index (Phi) is 3.78. The number of likely N-dealkylation sites (tertiary alicyclic amines) is 1. The maximum atomic E-state index is 13.3. The summed E-state index contributed by atoms with van der Waals surface area (Å²) in [6, 6.07) is 13.5. The first kappa shape index (κ1) is 16.5. The Bertz CT molecular complexity index is 880. The Balaban J connectivity index is 1.57. The predicted octanol–water partition coefficient (Wildman–Crippen LogP) is 3.59. The number of hydrogen-bond donors (Lipinski definition) is 1. The van der Waals surface area contributed by atoms with Crippen molar-refractivity contribution in [2.75, 3.05) is 25.1 Å². The number of methoxy groups -OCH3 is 1. The normalized spacial score (nSPS) is 25.7. The molecule has 0 unspecified atom stereocenters. The minimum absolute atomic E-state index is 0.0442. The summed E-state index contributed by atoms with van der Waals surface area (Å²) in [5.41, 5.74) is 3.10. The third-order valence-electron chi connectivity index (χ3n) is 6.48. The third-order valence-corrected chi connectivity index (χ3v) is 6.48. The van der Waals surface area contributed by atoms with Crippen molar-refractivity contribution in [3.8, 4) is 11.5 Å². The molecule has 0 aromatic heterocycles. The summed E-state index contributed by atoms with van der Waals surface area (Å²) in [5, 5.41) is 9.54. The smallest absolute Gasteiger partial charge is 0.254 e. The van der Waals surface area contributed by atoms with Crippen molar-refractivity contribution in [2.24, 2.45) is 5.92 Å². The Labute approximate surface area is 159 Å². The first-order valence-corrected chi connectivity index (χ1v) is 9.72. The zero-order valence-electron chi connectivity index (χ0n) is 15.5. The van der Waals surface area contributed by atoms with E-state index in [4.69, 9.17) is 4.74 Å². The van der Waals surface area contributed by atoms with Crippen LogP contribution in [0.15, 0.2) is 42.5 Å². The molecule has 3 aliphatic rings. The molecule has 0 radical (unpaired) electrons. The number of hydrogen-bond acceptors (Lipinski definition) is 4. The number of carbonyl (C=O) groups excluding carboxylic acids is 1. The SMILES string of the molecule is COc1ccc2c(c1)[C@H]1[C@H](CCN1C(=O)c1ccc(O)cc1)[C@H]1CCCN21. The number of fused-ring (bicyclic) bond motifs is 6. The van der Waals surface area contributed by atoms with E-state index in [0.29, 0.717) is 17.5 Å². The number of phenolic OH excluding ortho intramolecular Hbond substituents is 1. The molecular formula is C22H24N2O3. The lowest BCUT2D eigenvalue weighted by atomic mass is 9.81. The van der Waals surface area contributed by atoms with Gasteiger partial charge in [0, 0.05) is 41.9 Å². The number of nitrogens with zero attached hydrogens (tertiary/aromatic N) is 2. The molecule has 5 heteroatoms. The second kappa shape index (κ2) is 6.19. The van der Waals surface area contributed by atoms with Crippen molar-refractivity contribution in [1.82, 2.24) is 4.90 Å². The molecule has 3 aliphatic heterocycles. The van der Waals surface area contributed by atoms with Crippen molar-refractivity contribution in [1.29, 1.82) is 0 Å². The molecule has 3 atom stereocenters. The van der Waals surface area contributed by atoms with E-state index >= 15 is 0 Å². The maximum Gasteiger partial charge on any atom is 0.254 e. The molecule has 0 saturated carbocycles. The first-order chi connectivity index (χ1) is 13.2.